The summed E-state index contributed by atoms with van der Waals surface area (Å²) in [6.45, 7) is 5.78. The number of fused-ring (bicyclic) bond motifs is 1. The standard InChI is InChI=1S/C19H20N2OS/c1-3-21-17-11-10-16(22-4-2)14-18(17)23-19(21)12-13-20-15-8-6-5-7-9-15/h5-14H,3-4H2,1-2H3/b19-12+,20-13?. The number of ether oxygens (including phenoxy) is 1. The first-order valence-electron chi connectivity index (χ1n) is 7.83. The van der Waals surface area contributed by atoms with Crippen molar-refractivity contribution in [2.75, 3.05) is 18.1 Å². The lowest BCUT2D eigenvalue weighted by molar-refractivity contribution is 0.339. The molecule has 23 heavy (non-hydrogen) atoms. The molecule has 2 aromatic rings. The van der Waals surface area contributed by atoms with Gasteiger partial charge in [-0.2, -0.15) is 0 Å². The lowest BCUT2D eigenvalue weighted by atomic mass is 10.2. The van der Waals surface area contributed by atoms with Crippen LogP contribution in [0.25, 0.3) is 0 Å². The summed E-state index contributed by atoms with van der Waals surface area (Å²) in [4.78, 5) is 8.01. The Hall–Kier alpha value is -2.20. The first-order valence-corrected chi connectivity index (χ1v) is 8.65. The van der Waals surface area contributed by atoms with Gasteiger partial charge in [0.1, 0.15) is 5.75 Å². The Bertz CT molecular complexity index is 725. The third-order valence-electron chi connectivity index (χ3n) is 3.53. The van der Waals surface area contributed by atoms with Crippen LogP contribution in [0.5, 0.6) is 5.75 Å². The fourth-order valence-electron chi connectivity index (χ4n) is 2.49. The van der Waals surface area contributed by atoms with Crippen molar-refractivity contribution in [1.29, 1.82) is 0 Å². The fourth-order valence-corrected chi connectivity index (χ4v) is 3.64. The van der Waals surface area contributed by atoms with Crippen LogP contribution >= 0.6 is 11.8 Å². The van der Waals surface area contributed by atoms with Crippen LogP contribution in [0.2, 0.25) is 0 Å². The summed E-state index contributed by atoms with van der Waals surface area (Å²) in [6, 6.07) is 16.3. The zero-order chi connectivity index (χ0) is 16.1. The number of rotatable bonds is 5. The van der Waals surface area contributed by atoms with E-state index in [1.807, 2.05) is 49.5 Å². The van der Waals surface area contributed by atoms with E-state index in [4.69, 9.17) is 4.74 Å². The molecule has 118 valence electrons. The Balaban J connectivity index is 1.81. The van der Waals surface area contributed by atoms with Gasteiger partial charge in [0.2, 0.25) is 0 Å². The fraction of sp³-hybridized carbons (Fsp3) is 0.211. The number of thioether (sulfide) groups is 1. The van der Waals surface area contributed by atoms with E-state index >= 15 is 0 Å². The van der Waals surface area contributed by atoms with Crippen molar-refractivity contribution >= 4 is 29.4 Å². The average molecular weight is 324 g/mol. The molecule has 0 bridgehead atoms. The van der Waals surface area contributed by atoms with Crippen LogP contribution in [0.3, 0.4) is 0 Å². The molecule has 0 radical (unpaired) electrons. The van der Waals surface area contributed by atoms with Gasteiger partial charge in [0, 0.05) is 17.7 Å². The topological polar surface area (TPSA) is 24.8 Å². The van der Waals surface area contributed by atoms with E-state index < -0.39 is 0 Å². The maximum Gasteiger partial charge on any atom is 0.120 e. The number of benzene rings is 2. The molecule has 3 rings (SSSR count). The van der Waals surface area contributed by atoms with Gasteiger partial charge in [0.15, 0.2) is 0 Å². The molecule has 0 saturated carbocycles. The summed E-state index contributed by atoms with van der Waals surface area (Å²) >= 11 is 1.76. The number of aliphatic imine (C=N–C) groups is 1. The molecule has 0 N–H and O–H groups in total. The molecular formula is C19H20N2OS. The van der Waals surface area contributed by atoms with Crippen molar-refractivity contribution in [3.8, 4) is 5.75 Å². The first kappa shape index (κ1) is 15.7. The lowest BCUT2D eigenvalue weighted by Crippen LogP contribution is -2.16. The van der Waals surface area contributed by atoms with E-state index in [-0.39, 0.29) is 0 Å². The molecular weight excluding hydrogens is 304 g/mol. The third kappa shape index (κ3) is 3.59. The summed E-state index contributed by atoms with van der Waals surface area (Å²) in [6.07, 6.45) is 3.94. The minimum atomic E-state index is 0.688. The smallest absolute Gasteiger partial charge is 0.120 e. The van der Waals surface area contributed by atoms with Gasteiger partial charge in [-0.05, 0) is 50.3 Å². The number of hydrogen-bond acceptors (Lipinski definition) is 4. The molecule has 0 atom stereocenters. The molecule has 1 aliphatic rings. The van der Waals surface area contributed by atoms with Gasteiger partial charge in [0.25, 0.3) is 0 Å². The number of para-hydroxylation sites is 1. The van der Waals surface area contributed by atoms with Crippen molar-refractivity contribution in [1.82, 2.24) is 0 Å². The van der Waals surface area contributed by atoms with Gasteiger partial charge < -0.3 is 9.64 Å². The first-order chi connectivity index (χ1) is 11.3. The minimum absolute atomic E-state index is 0.688. The van der Waals surface area contributed by atoms with E-state index in [9.17, 15) is 0 Å². The summed E-state index contributed by atoms with van der Waals surface area (Å²) in [5, 5.41) is 1.19. The van der Waals surface area contributed by atoms with Crippen LogP contribution in [0.1, 0.15) is 13.8 Å². The van der Waals surface area contributed by atoms with Crippen LogP contribution in [0.15, 0.2) is 69.5 Å². The van der Waals surface area contributed by atoms with E-state index in [0.717, 1.165) is 18.0 Å². The maximum atomic E-state index is 5.60. The van der Waals surface area contributed by atoms with Gasteiger partial charge in [-0.3, -0.25) is 4.99 Å². The van der Waals surface area contributed by atoms with Crippen LogP contribution in [-0.2, 0) is 0 Å². The summed E-state index contributed by atoms with van der Waals surface area (Å²) in [5.41, 5.74) is 2.20. The molecule has 1 aliphatic heterocycles. The zero-order valence-corrected chi connectivity index (χ0v) is 14.2. The highest BCUT2D eigenvalue weighted by Gasteiger charge is 2.23. The molecule has 0 amide bonds. The number of hydrogen-bond donors (Lipinski definition) is 0. The predicted octanol–water partition coefficient (Wildman–Crippen LogP) is 5.26. The Morgan fingerprint density at radius 3 is 2.70 bits per heavy atom. The quantitative estimate of drug-likeness (QED) is 0.701. The van der Waals surface area contributed by atoms with Crippen LogP contribution in [0.4, 0.5) is 11.4 Å². The second-order valence-corrected chi connectivity index (χ2v) is 6.09. The highest BCUT2D eigenvalue weighted by atomic mass is 32.2. The van der Waals surface area contributed by atoms with E-state index in [1.165, 1.54) is 15.6 Å². The SMILES string of the molecule is CCOc1ccc2c(c1)S/C(=C/C=Nc1ccccc1)N2CC. The zero-order valence-electron chi connectivity index (χ0n) is 13.4. The summed E-state index contributed by atoms with van der Waals surface area (Å²) in [7, 11) is 0. The second-order valence-electron chi connectivity index (χ2n) is 5.03. The van der Waals surface area contributed by atoms with Gasteiger partial charge in [-0.15, -0.1) is 0 Å². The normalized spacial score (nSPS) is 15.4. The molecule has 0 spiro atoms. The van der Waals surface area contributed by atoms with E-state index in [1.54, 1.807) is 11.8 Å². The Kier molecular flexibility index (Phi) is 5.03. The number of allylic oxidation sites excluding steroid dienone is 1. The molecule has 0 aromatic heterocycles. The molecule has 1 heterocycles. The molecule has 0 unspecified atom stereocenters. The average Bonchev–Trinajstić information content (AvgIpc) is 2.93. The van der Waals surface area contributed by atoms with Gasteiger partial charge in [0.05, 0.1) is 23.0 Å². The molecule has 0 saturated heterocycles. The monoisotopic (exact) mass is 324 g/mol. The Morgan fingerprint density at radius 2 is 1.96 bits per heavy atom. The Morgan fingerprint density at radius 1 is 1.13 bits per heavy atom. The van der Waals surface area contributed by atoms with Gasteiger partial charge >= 0.3 is 0 Å². The van der Waals surface area contributed by atoms with Crippen molar-refractivity contribution in [3.63, 3.8) is 0 Å². The van der Waals surface area contributed by atoms with Crippen molar-refractivity contribution in [2.24, 2.45) is 4.99 Å². The summed E-state index contributed by atoms with van der Waals surface area (Å²) < 4.78 is 5.60. The number of nitrogens with zero attached hydrogens (tertiary/aromatic N) is 2. The van der Waals surface area contributed by atoms with Crippen LogP contribution in [-0.4, -0.2) is 19.4 Å². The van der Waals surface area contributed by atoms with Crippen molar-refractivity contribution in [3.05, 3.63) is 59.6 Å². The Labute approximate surface area is 141 Å². The second kappa shape index (κ2) is 7.38. The van der Waals surface area contributed by atoms with E-state index in [0.29, 0.717) is 6.61 Å². The van der Waals surface area contributed by atoms with Gasteiger partial charge in [-0.1, -0.05) is 30.0 Å². The lowest BCUT2D eigenvalue weighted by Gasteiger charge is -2.17. The van der Waals surface area contributed by atoms with Gasteiger partial charge in [-0.25, -0.2) is 0 Å². The highest BCUT2D eigenvalue weighted by Crippen LogP contribution is 2.46. The van der Waals surface area contributed by atoms with Crippen molar-refractivity contribution in [2.45, 2.75) is 18.7 Å². The minimum Gasteiger partial charge on any atom is -0.494 e. The molecule has 2 aromatic carbocycles. The maximum absolute atomic E-state index is 5.60. The largest absolute Gasteiger partial charge is 0.494 e. The highest BCUT2D eigenvalue weighted by molar-refractivity contribution is 8.03. The number of anilines is 1. The molecule has 0 aliphatic carbocycles. The van der Waals surface area contributed by atoms with Crippen LogP contribution in [0, 0.1) is 0 Å². The van der Waals surface area contributed by atoms with Crippen LogP contribution < -0.4 is 9.64 Å². The summed E-state index contributed by atoms with van der Waals surface area (Å²) in [5.74, 6) is 0.925. The third-order valence-corrected chi connectivity index (χ3v) is 4.64. The molecule has 3 nitrogen and oxygen atoms in total. The predicted molar refractivity (Wildman–Crippen MR) is 99.2 cm³/mol. The molecule has 4 heteroatoms. The van der Waals surface area contributed by atoms with E-state index in [2.05, 4.69) is 35.0 Å². The van der Waals surface area contributed by atoms with Crippen molar-refractivity contribution < 1.29 is 4.74 Å². The molecule has 0 fully saturated rings.